The average molecular weight is 620 g/mol. The highest BCUT2D eigenvalue weighted by molar-refractivity contribution is 6.78. The summed E-state index contributed by atoms with van der Waals surface area (Å²) in [7, 11) is -3.20. The number of aromatic hydroxyl groups is 1. The van der Waals surface area contributed by atoms with Gasteiger partial charge in [0.1, 0.15) is 5.75 Å². The molecule has 1 unspecified atom stereocenters. The number of rotatable bonds is 12. The number of carbonyl (C=O) groups excluding carboxylic acids is 1. The van der Waals surface area contributed by atoms with Crippen LogP contribution >= 0.6 is 0 Å². The number of urea groups is 1. The van der Waals surface area contributed by atoms with Crippen LogP contribution in [0, 0.1) is 25.5 Å². The van der Waals surface area contributed by atoms with Gasteiger partial charge in [-0.25, -0.2) is 13.6 Å². The fraction of sp³-hybridized carbons (Fsp3) is 0.606. The minimum absolute atomic E-state index is 0.0195. The van der Waals surface area contributed by atoms with Crippen LogP contribution in [0.5, 0.6) is 11.5 Å². The molecule has 0 bridgehead atoms. The number of anilines is 2. The summed E-state index contributed by atoms with van der Waals surface area (Å²) in [6, 6.07) is 4.27. The molecule has 0 saturated carbocycles. The first-order chi connectivity index (χ1) is 19.4. The molecule has 2 aromatic rings. The number of aryl methyl sites for hydroxylation is 2. The van der Waals surface area contributed by atoms with Crippen LogP contribution in [0.3, 0.4) is 0 Å². The standard InChI is InChI=1S/C33H53F2N2O3Si2/c1-18(2)41(19(3)4)25(13)17-26-16-24(12)31(29(35)32(26)38)37-33(39)36-30-23(11)14-15-27(28(30)34)40-42(20(5)6,21(7)8)22(9)10/h14-16,18-22,25,38H,17H2,1-13H3,(H2,36,37,39). The lowest BCUT2D eigenvalue weighted by Gasteiger charge is -2.42. The van der Waals surface area contributed by atoms with Crippen molar-refractivity contribution in [3.63, 3.8) is 0 Å². The summed E-state index contributed by atoms with van der Waals surface area (Å²) >= 11 is 0. The summed E-state index contributed by atoms with van der Waals surface area (Å²) < 4.78 is 37.9. The smallest absolute Gasteiger partial charge is 0.323 e. The Balaban J connectivity index is 2.35. The van der Waals surface area contributed by atoms with Gasteiger partial charge in [-0.3, -0.25) is 0 Å². The highest BCUT2D eigenvalue weighted by Crippen LogP contribution is 2.44. The molecule has 5 nitrogen and oxygen atoms in total. The number of benzene rings is 2. The predicted octanol–water partition coefficient (Wildman–Crippen LogP) is 10.7. The first kappa shape index (κ1) is 35.8. The van der Waals surface area contributed by atoms with Gasteiger partial charge >= 0.3 is 6.03 Å². The molecular weight excluding hydrogens is 567 g/mol. The second-order valence-electron chi connectivity index (χ2n) is 13.4. The van der Waals surface area contributed by atoms with E-state index in [2.05, 4.69) is 86.8 Å². The summed E-state index contributed by atoms with van der Waals surface area (Å²) in [6.07, 6.45) is 0.561. The van der Waals surface area contributed by atoms with Crippen LogP contribution in [0.25, 0.3) is 0 Å². The fourth-order valence-corrected chi connectivity index (χ4v) is 16.4. The molecule has 0 fully saturated rings. The molecule has 3 N–H and O–H groups in total. The molecular formula is C33H53F2N2O3Si2. The highest BCUT2D eigenvalue weighted by Gasteiger charge is 2.47. The Morgan fingerprint density at radius 1 is 0.833 bits per heavy atom. The van der Waals surface area contributed by atoms with Crippen molar-refractivity contribution in [2.75, 3.05) is 10.6 Å². The summed E-state index contributed by atoms with van der Waals surface area (Å²) in [6.45, 7) is 27.2. The van der Waals surface area contributed by atoms with E-state index >= 15 is 8.78 Å². The normalized spacial score (nSPS) is 13.2. The van der Waals surface area contributed by atoms with E-state index in [1.807, 2.05) is 0 Å². The van der Waals surface area contributed by atoms with Gasteiger partial charge in [-0.05, 0) is 65.2 Å². The third kappa shape index (κ3) is 7.57. The fourth-order valence-electron chi connectivity index (χ4n) is 7.08. The van der Waals surface area contributed by atoms with Crippen LogP contribution in [-0.2, 0) is 6.42 Å². The number of hydrogen-bond donors (Lipinski definition) is 3. The number of nitrogens with one attached hydrogen (secondary N) is 2. The van der Waals surface area contributed by atoms with Crippen LogP contribution in [0.1, 0.15) is 92.9 Å². The molecule has 0 aliphatic carbocycles. The van der Waals surface area contributed by atoms with Crippen molar-refractivity contribution in [2.24, 2.45) is 0 Å². The maximum atomic E-state index is 15.9. The van der Waals surface area contributed by atoms with E-state index in [4.69, 9.17) is 4.43 Å². The van der Waals surface area contributed by atoms with Crippen molar-refractivity contribution in [3.8, 4) is 11.5 Å². The molecule has 1 atom stereocenters. The summed E-state index contributed by atoms with van der Waals surface area (Å²) in [4.78, 5) is 13.1. The van der Waals surface area contributed by atoms with E-state index in [-0.39, 0.29) is 33.7 Å². The van der Waals surface area contributed by atoms with Crippen molar-refractivity contribution in [1.29, 1.82) is 0 Å². The highest BCUT2D eigenvalue weighted by atomic mass is 28.4. The zero-order valence-corrected chi connectivity index (χ0v) is 29.9. The van der Waals surface area contributed by atoms with Crippen molar-refractivity contribution in [1.82, 2.24) is 0 Å². The molecule has 2 rings (SSSR count). The third-order valence-electron chi connectivity index (χ3n) is 8.73. The van der Waals surface area contributed by atoms with Gasteiger partial charge in [0.25, 0.3) is 8.32 Å². The SMILES string of the molecule is Cc1ccc(O[Si](C(C)C)(C(C)C)C(C)C)c(F)c1NC(=O)Nc1c(C)cc(CC(C)[Si](C(C)C)C(C)C)c(O)c1F. The molecule has 0 aliphatic heterocycles. The molecule has 0 aliphatic rings. The molecule has 0 heterocycles. The zero-order valence-electron chi connectivity index (χ0n) is 27.9. The van der Waals surface area contributed by atoms with E-state index in [0.29, 0.717) is 39.7 Å². The first-order valence-electron chi connectivity index (χ1n) is 15.3. The first-order valence-corrected chi connectivity index (χ1v) is 19.2. The quantitative estimate of drug-likeness (QED) is 0.207. The Bertz CT molecular complexity index is 1220. The molecule has 235 valence electrons. The lowest BCUT2D eigenvalue weighted by atomic mass is 10.0. The lowest BCUT2D eigenvalue weighted by molar-refractivity contribution is 0.262. The molecule has 0 spiro atoms. The second-order valence-corrected chi connectivity index (χ2v) is 23.0. The van der Waals surface area contributed by atoms with Crippen molar-refractivity contribution >= 4 is 34.5 Å². The van der Waals surface area contributed by atoms with Crippen LogP contribution in [-0.4, -0.2) is 28.3 Å². The van der Waals surface area contributed by atoms with Crippen LogP contribution in [0.2, 0.25) is 33.2 Å². The molecule has 1 radical (unpaired) electrons. The van der Waals surface area contributed by atoms with Gasteiger partial charge in [-0.15, -0.1) is 0 Å². The van der Waals surface area contributed by atoms with Crippen LogP contribution < -0.4 is 15.1 Å². The summed E-state index contributed by atoms with van der Waals surface area (Å²) in [5.41, 5.74) is 3.54. The van der Waals surface area contributed by atoms with Gasteiger partial charge in [0.15, 0.2) is 17.4 Å². The van der Waals surface area contributed by atoms with Gasteiger partial charge < -0.3 is 20.2 Å². The Morgan fingerprint density at radius 3 is 1.76 bits per heavy atom. The molecule has 0 aromatic heterocycles. The minimum Gasteiger partial charge on any atom is -0.541 e. The number of carbonyl (C=O) groups is 1. The monoisotopic (exact) mass is 619 g/mol. The average Bonchev–Trinajstić information content (AvgIpc) is 2.86. The van der Waals surface area contributed by atoms with Crippen molar-refractivity contribution < 1.29 is 23.1 Å². The van der Waals surface area contributed by atoms with Crippen molar-refractivity contribution in [3.05, 3.63) is 46.5 Å². The van der Waals surface area contributed by atoms with Gasteiger partial charge in [-0.2, -0.15) is 0 Å². The lowest BCUT2D eigenvalue weighted by Crippen LogP contribution is -2.50. The maximum absolute atomic E-state index is 15.9. The molecule has 42 heavy (non-hydrogen) atoms. The van der Waals surface area contributed by atoms with Crippen LogP contribution in [0.15, 0.2) is 18.2 Å². The summed E-state index contributed by atoms with van der Waals surface area (Å²) in [5.74, 6) is -1.88. The van der Waals surface area contributed by atoms with Crippen LogP contribution in [0.4, 0.5) is 25.0 Å². The predicted molar refractivity (Wildman–Crippen MR) is 177 cm³/mol. The van der Waals surface area contributed by atoms with Gasteiger partial charge in [0, 0.05) is 0 Å². The second kappa shape index (κ2) is 14.4. The van der Waals surface area contributed by atoms with Gasteiger partial charge in [0.05, 0.1) is 20.2 Å². The minimum atomic E-state index is -2.44. The topological polar surface area (TPSA) is 70.6 Å². The van der Waals surface area contributed by atoms with Gasteiger partial charge in [0.2, 0.25) is 0 Å². The Kier molecular flexibility index (Phi) is 12.3. The molecule has 2 amide bonds. The van der Waals surface area contributed by atoms with E-state index in [0.717, 1.165) is 0 Å². The summed E-state index contributed by atoms with van der Waals surface area (Å²) in [5, 5.41) is 15.8. The number of phenols is 1. The molecule has 9 heteroatoms. The zero-order chi connectivity index (χ0) is 32.3. The molecule has 0 saturated heterocycles. The van der Waals surface area contributed by atoms with Gasteiger partial charge in [-0.1, -0.05) is 99.4 Å². The van der Waals surface area contributed by atoms with E-state index < -0.39 is 40.5 Å². The Morgan fingerprint density at radius 2 is 1.31 bits per heavy atom. The third-order valence-corrected chi connectivity index (χ3v) is 18.7. The number of phenolic OH excluding ortho intramolecular Hbond substituents is 1. The number of hydrogen-bond acceptors (Lipinski definition) is 3. The van der Waals surface area contributed by atoms with Crippen molar-refractivity contribution in [2.45, 2.75) is 130 Å². The largest absolute Gasteiger partial charge is 0.541 e. The maximum Gasteiger partial charge on any atom is 0.323 e. The van der Waals surface area contributed by atoms with E-state index in [1.165, 1.54) is 0 Å². The van der Waals surface area contributed by atoms with E-state index in [1.54, 1.807) is 32.0 Å². The van der Waals surface area contributed by atoms with E-state index in [9.17, 15) is 9.90 Å². The number of halogens is 2. The number of amides is 2. The molecule has 2 aromatic carbocycles. The Labute approximate surface area is 255 Å². The Hall–Kier alpha value is -2.40.